The van der Waals surface area contributed by atoms with Gasteiger partial charge in [-0.1, -0.05) is 18.6 Å². The van der Waals surface area contributed by atoms with Crippen LogP contribution in [0.1, 0.15) is 31.2 Å². The molecule has 0 bridgehead atoms. The minimum atomic E-state index is 0.667. The van der Waals surface area contributed by atoms with Gasteiger partial charge in [0.1, 0.15) is 0 Å². The van der Waals surface area contributed by atoms with Crippen LogP contribution in [0.3, 0.4) is 0 Å². The largest absolute Gasteiger partial charge is 0.385 e. The number of thiocarbonyl (C=S) groups is 1. The van der Waals surface area contributed by atoms with Crippen LogP contribution in [0.4, 0.5) is 5.69 Å². The monoisotopic (exact) mass is 321 g/mol. The topological polar surface area (TPSA) is 36.5 Å². The average molecular weight is 321 g/mol. The quantitative estimate of drug-likeness (QED) is 0.596. The Morgan fingerprint density at radius 2 is 1.91 bits per heavy atom. The van der Waals surface area contributed by atoms with Gasteiger partial charge in [0.2, 0.25) is 0 Å². The van der Waals surface area contributed by atoms with Crippen LogP contribution in [0.5, 0.6) is 0 Å². The molecule has 1 aliphatic heterocycles. The van der Waals surface area contributed by atoms with E-state index in [1.165, 1.54) is 37.9 Å². The lowest BCUT2D eigenvalue weighted by Crippen LogP contribution is -2.30. The highest BCUT2D eigenvalue weighted by atomic mass is 32.1. The van der Waals surface area contributed by atoms with Crippen LogP contribution in [0.25, 0.3) is 0 Å². The predicted octanol–water partition coefficient (Wildman–Crippen LogP) is 3.00. The van der Waals surface area contributed by atoms with Crippen LogP contribution in [0.2, 0.25) is 0 Å². The third-order valence-corrected chi connectivity index (χ3v) is 4.12. The Kier molecular flexibility index (Phi) is 7.63. The van der Waals surface area contributed by atoms with Crippen LogP contribution in [0.15, 0.2) is 24.3 Å². The summed E-state index contributed by atoms with van der Waals surface area (Å²) in [7, 11) is 1.71. The molecule has 0 radical (unpaired) electrons. The number of nitrogens with zero attached hydrogens (tertiary/aromatic N) is 1. The molecular weight excluding hydrogens is 294 g/mol. The molecule has 22 heavy (non-hydrogen) atoms. The zero-order valence-corrected chi connectivity index (χ0v) is 14.3. The fourth-order valence-electron chi connectivity index (χ4n) is 2.66. The van der Waals surface area contributed by atoms with E-state index in [4.69, 9.17) is 17.0 Å². The Labute approximate surface area is 139 Å². The first-order valence-electron chi connectivity index (χ1n) is 8.13. The van der Waals surface area contributed by atoms with E-state index < -0.39 is 0 Å². The second kappa shape index (κ2) is 9.77. The van der Waals surface area contributed by atoms with Crippen LogP contribution in [-0.4, -0.2) is 43.4 Å². The van der Waals surface area contributed by atoms with Gasteiger partial charge in [0.15, 0.2) is 5.11 Å². The highest BCUT2D eigenvalue weighted by molar-refractivity contribution is 7.80. The lowest BCUT2D eigenvalue weighted by molar-refractivity contribution is 0.196. The molecule has 1 heterocycles. The Balaban J connectivity index is 1.72. The second-order valence-corrected chi connectivity index (χ2v) is 6.17. The van der Waals surface area contributed by atoms with Gasteiger partial charge in [0.25, 0.3) is 0 Å². The van der Waals surface area contributed by atoms with E-state index in [0.29, 0.717) is 5.11 Å². The Morgan fingerprint density at radius 3 is 2.59 bits per heavy atom. The molecule has 122 valence electrons. The van der Waals surface area contributed by atoms with Crippen molar-refractivity contribution in [2.24, 2.45) is 0 Å². The maximum atomic E-state index is 5.28. The fraction of sp³-hybridized carbons (Fsp3) is 0.588. The molecular formula is C17H27N3OS. The highest BCUT2D eigenvalue weighted by Gasteiger charge is 2.10. The standard InChI is InChI=1S/C17H27N3OS/c1-21-13-5-10-18-17(22)19-16-8-6-15(7-9-16)14-20-11-3-2-4-12-20/h6-9H,2-5,10-14H2,1H3,(H2,18,19,22). The number of anilines is 1. The summed E-state index contributed by atoms with van der Waals surface area (Å²) in [5, 5.41) is 7.06. The molecule has 0 saturated carbocycles. The van der Waals surface area contributed by atoms with E-state index in [2.05, 4.69) is 39.8 Å². The van der Waals surface area contributed by atoms with E-state index in [1.54, 1.807) is 7.11 Å². The molecule has 1 saturated heterocycles. The van der Waals surface area contributed by atoms with Crippen molar-refractivity contribution in [3.8, 4) is 0 Å². The molecule has 0 spiro atoms. The maximum Gasteiger partial charge on any atom is 0.170 e. The van der Waals surface area contributed by atoms with Crippen LogP contribution >= 0.6 is 12.2 Å². The Hall–Kier alpha value is -1.17. The molecule has 1 aromatic rings. The van der Waals surface area contributed by atoms with Gasteiger partial charge in [0.05, 0.1) is 0 Å². The number of piperidine rings is 1. The molecule has 0 unspecified atom stereocenters. The van der Waals surface area contributed by atoms with Gasteiger partial charge in [-0.2, -0.15) is 0 Å². The van der Waals surface area contributed by atoms with E-state index in [1.807, 2.05) is 0 Å². The van der Waals surface area contributed by atoms with Crippen molar-refractivity contribution in [2.45, 2.75) is 32.2 Å². The first kappa shape index (κ1) is 17.2. The lowest BCUT2D eigenvalue weighted by atomic mass is 10.1. The molecule has 5 heteroatoms. The summed E-state index contributed by atoms with van der Waals surface area (Å²) in [4.78, 5) is 2.54. The zero-order chi connectivity index (χ0) is 15.6. The van der Waals surface area contributed by atoms with Crippen molar-refractivity contribution in [3.05, 3.63) is 29.8 Å². The Bertz CT molecular complexity index is 444. The summed E-state index contributed by atoms with van der Waals surface area (Å²) in [5.74, 6) is 0. The number of ether oxygens (including phenoxy) is 1. The smallest absolute Gasteiger partial charge is 0.170 e. The van der Waals surface area contributed by atoms with Crippen molar-refractivity contribution < 1.29 is 4.74 Å². The minimum Gasteiger partial charge on any atom is -0.385 e. The molecule has 0 atom stereocenters. The summed E-state index contributed by atoms with van der Waals surface area (Å²) >= 11 is 5.28. The SMILES string of the molecule is COCCCNC(=S)Nc1ccc(CN2CCCCC2)cc1. The molecule has 1 aromatic carbocycles. The van der Waals surface area contributed by atoms with Crippen molar-refractivity contribution >= 4 is 23.0 Å². The number of likely N-dealkylation sites (tertiary alicyclic amines) is 1. The molecule has 0 aliphatic carbocycles. The van der Waals surface area contributed by atoms with E-state index in [0.717, 1.165) is 31.8 Å². The minimum absolute atomic E-state index is 0.667. The average Bonchev–Trinajstić information content (AvgIpc) is 2.54. The van der Waals surface area contributed by atoms with Crippen LogP contribution in [-0.2, 0) is 11.3 Å². The molecule has 0 amide bonds. The number of nitrogens with one attached hydrogen (secondary N) is 2. The first-order chi connectivity index (χ1) is 10.8. The van der Waals surface area contributed by atoms with Gasteiger partial charge in [-0.3, -0.25) is 4.90 Å². The summed E-state index contributed by atoms with van der Waals surface area (Å²) < 4.78 is 5.01. The van der Waals surface area contributed by atoms with E-state index in [9.17, 15) is 0 Å². The molecule has 4 nitrogen and oxygen atoms in total. The molecule has 0 aromatic heterocycles. The van der Waals surface area contributed by atoms with Gasteiger partial charge in [-0.25, -0.2) is 0 Å². The van der Waals surface area contributed by atoms with Gasteiger partial charge in [0, 0.05) is 32.5 Å². The second-order valence-electron chi connectivity index (χ2n) is 5.76. The van der Waals surface area contributed by atoms with Crippen molar-refractivity contribution in [1.82, 2.24) is 10.2 Å². The zero-order valence-electron chi connectivity index (χ0n) is 13.4. The Morgan fingerprint density at radius 1 is 1.18 bits per heavy atom. The summed E-state index contributed by atoms with van der Waals surface area (Å²) in [6.45, 7) is 5.10. The van der Waals surface area contributed by atoms with E-state index in [-0.39, 0.29) is 0 Å². The van der Waals surface area contributed by atoms with Crippen LogP contribution < -0.4 is 10.6 Å². The lowest BCUT2D eigenvalue weighted by Gasteiger charge is -2.26. The summed E-state index contributed by atoms with van der Waals surface area (Å²) in [6, 6.07) is 8.57. The highest BCUT2D eigenvalue weighted by Crippen LogP contribution is 2.15. The molecule has 1 fully saturated rings. The van der Waals surface area contributed by atoms with Gasteiger partial charge >= 0.3 is 0 Å². The first-order valence-corrected chi connectivity index (χ1v) is 8.54. The molecule has 2 N–H and O–H groups in total. The van der Waals surface area contributed by atoms with Crippen LogP contribution in [0, 0.1) is 0 Å². The number of hydrogen-bond donors (Lipinski definition) is 2. The third-order valence-electron chi connectivity index (χ3n) is 3.88. The van der Waals surface area contributed by atoms with E-state index >= 15 is 0 Å². The predicted molar refractivity (Wildman–Crippen MR) is 96.3 cm³/mol. The molecule has 1 aliphatic rings. The molecule has 2 rings (SSSR count). The number of benzene rings is 1. The maximum absolute atomic E-state index is 5.28. The van der Waals surface area contributed by atoms with Crippen molar-refractivity contribution in [3.63, 3.8) is 0 Å². The summed E-state index contributed by atoms with van der Waals surface area (Å²) in [6.07, 6.45) is 5.01. The van der Waals surface area contributed by atoms with Crippen molar-refractivity contribution in [2.75, 3.05) is 38.7 Å². The van der Waals surface area contributed by atoms with Crippen molar-refractivity contribution in [1.29, 1.82) is 0 Å². The number of hydrogen-bond acceptors (Lipinski definition) is 3. The normalized spacial score (nSPS) is 15.5. The van der Waals surface area contributed by atoms with Gasteiger partial charge in [-0.15, -0.1) is 0 Å². The number of methoxy groups -OCH3 is 1. The van der Waals surface area contributed by atoms with Gasteiger partial charge < -0.3 is 15.4 Å². The summed E-state index contributed by atoms with van der Waals surface area (Å²) in [5.41, 5.74) is 2.40. The van der Waals surface area contributed by atoms with Gasteiger partial charge in [-0.05, 0) is 62.3 Å². The fourth-order valence-corrected chi connectivity index (χ4v) is 2.88. The third kappa shape index (κ3) is 6.30. The number of rotatable bonds is 7.